The van der Waals surface area contributed by atoms with Crippen LogP contribution in [0.3, 0.4) is 0 Å². The van der Waals surface area contributed by atoms with Crippen LogP contribution in [0.2, 0.25) is 0 Å². The maximum atomic E-state index is 8.33. The van der Waals surface area contributed by atoms with E-state index in [1.54, 1.807) is 0 Å². The minimum Gasteiger partial charge on any atom is -0.652 e. The molecule has 10 heavy (non-hydrogen) atoms. The molecular formula is CH3BCaO6Zn. The van der Waals surface area contributed by atoms with Gasteiger partial charge >= 0.3 is 45.1 Å². The predicted molar refractivity (Wildman–Crippen MR) is 23.6 cm³/mol. The SMILES string of the molecule is O=C([O-])[O-].OB(O)O.[Ca+2].[Zn]. The van der Waals surface area contributed by atoms with Crippen molar-refractivity contribution >= 4 is 51.2 Å². The molecule has 0 aliphatic carbocycles. The van der Waals surface area contributed by atoms with Crippen LogP contribution in [-0.2, 0) is 19.5 Å². The summed E-state index contributed by atoms with van der Waals surface area (Å²) in [6.45, 7) is 0. The fourth-order valence-corrected chi connectivity index (χ4v) is 0. The summed E-state index contributed by atoms with van der Waals surface area (Å²) >= 11 is 0. The zero-order chi connectivity index (χ0) is 7.15. The van der Waals surface area contributed by atoms with E-state index >= 15 is 0 Å². The van der Waals surface area contributed by atoms with Crippen molar-refractivity contribution in [3.8, 4) is 0 Å². The Morgan fingerprint density at radius 2 is 1.20 bits per heavy atom. The van der Waals surface area contributed by atoms with E-state index in [0.717, 1.165) is 0 Å². The second kappa shape index (κ2) is 16.6. The predicted octanol–water partition coefficient (Wildman–Crippen LogP) is -4.88. The summed E-state index contributed by atoms with van der Waals surface area (Å²) in [5.41, 5.74) is 0. The summed E-state index contributed by atoms with van der Waals surface area (Å²) in [5.74, 6) is 0. The van der Waals surface area contributed by atoms with Crippen molar-refractivity contribution in [3.63, 3.8) is 0 Å². The summed E-state index contributed by atoms with van der Waals surface area (Å²) < 4.78 is 0. The molecule has 0 spiro atoms. The zero-order valence-corrected chi connectivity index (χ0v) is 10.2. The normalized spacial score (nSPS) is 5.10. The van der Waals surface area contributed by atoms with Crippen LogP contribution >= 0.6 is 0 Å². The molecule has 6 nitrogen and oxygen atoms in total. The Kier molecular flexibility index (Phi) is 37.3. The van der Waals surface area contributed by atoms with Gasteiger partial charge in [0.2, 0.25) is 0 Å². The van der Waals surface area contributed by atoms with Crippen LogP contribution in [-0.4, -0.2) is 66.3 Å². The second-order valence-electron chi connectivity index (χ2n) is 0.596. The fraction of sp³-hybridized carbons (Fsp3) is 0. The zero-order valence-electron chi connectivity index (χ0n) is 5.06. The van der Waals surface area contributed by atoms with Crippen molar-refractivity contribution in [1.82, 2.24) is 0 Å². The van der Waals surface area contributed by atoms with E-state index in [0.29, 0.717) is 0 Å². The molecule has 0 unspecified atom stereocenters. The molecule has 0 atom stereocenters. The van der Waals surface area contributed by atoms with Gasteiger partial charge in [-0.05, 0) is 6.16 Å². The number of carbonyl (C=O) groups is 1. The summed E-state index contributed by atoms with van der Waals surface area (Å²) in [6, 6.07) is 0. The maximum absolute atomic E-state index is 8.33. The van der Waals surface area contributed by atoms with Crippen LogP contribution in [0.4, 0.5) is 4.79 Å². The number of carboxylic acid groups (broad SMARTS) is 2. The monoisotopic (exact) mass is 226 g/mol. The minimum absolute atomic E-state index is 0. The van der Waals surface area contributed by atoms with E-state index in [4.69, 9.17) is 30.1 Å². The molecule has 3 N–H and O–H groups in total. The van der Waals surface area contributed by atoms with Crippen molar-refractivity contribution in [3.05, 3.63) is 0 Å². The van der Waals surface area contributed by atoms with Crippen LogP contribution in [0.15, 0.2) is 0 Å². The fourth-order valence-electron chi connectivity index (χ4n) is 0. The quantitative estimate of drug-likeness (QED) is 0.356. The number of hydrogen-bond acceptors (Lipinski definition) is 6. The Bertz CT molecular complexity index is 62.0. The van der Waals surface area contributed by atoms with E-state index in [-0.39, 0.29) is 57.2 Å². The molecule has 0 heterocycles. The van der Waals surface area contributed by atoms with E-state index < -0.39 is 13.5 Å². The van der Waals surface area contributed by atoms with Crippen molar-refractivity contribution in [1.29, 1.82) is 0 Å². The molecule has 0 aromatic carbocycles. The van der Waals surface area contributed by atoms with Gasteiger partial charge < -0.3 is 30.1 Å². The Balaban J connectivity index is -0.0000000300. The van der Waals surface area contributed by atoms with Gasteiger partial charge in [-0.15, -0.1) is 0 Å². The Morgan fingerprint density at radius 1 is 1.20 bits per heavy atom. The molecule has 0 rings (SSSR count). The van der Waals surface area contributed by atoms with Gasteiger partial charge in [-0.25, -0.2) is 0 Å². The summed E-state index contributed by atoms with van der Waals surface area (Å²) in [7, 11) is -2.17. The molecule has 0 saturated heterocycles. The van der Waals surface area contributed by atoms with Gasteiger partial charge in [0.25, 0.3) is 0 Å². The third-order valence-corrected chi connectivity index (χ3v) is 0. The van der Waals surface area contributed by atoms with Crippen molar-refractivity contribution in [2.75, 3.05) is 0 Å². The first-order valence-electron chi connectivity index (χ1n) is 1.39. The molecule has 0 aromatic heterocycles. The molecule has 0 bridgehead atoms. The van der Waals surface area contributed by atoms with Gasteiger partial charge in [0.05, 0.1) is 0 Å². The van der Waals surface area contributed by atoms with Gasteiger partial charge in [0.1, 0.15) is 0 Å². The first-order chi connectivity index (χ1) is 3.46. The molecule has 0 fully saturated rings. The molecule has 0 aliphatic heterocycles. The van der Waals surface area contributed by atoms with Crippen LogP contribution in [0.1, 0.15) is 0 Å². The minimum atomic E-state index is -2.33. The average molecular weight is 227 g/mol. The van der Waals surface area contributed by atoms with Crippen LogP contribution in [0, 0.1) is 0 Å². The molecule has 0 saturated carbocycles. The molecule has 9 heteroatoms. The molecule has 50 valence electrons. The third kappa shape index (κ3) is 495. The Labute approximate surface area is 99.8 Å². The van der Waals surface area contributed by atoms with E-state index in [1.165, 1.54) is 0 Å². The first kappa shape index (κ1) is 22.5. The van der Waals surface area contributed by atoms with Gasteiger partial charge in [-0.2, -0.15) is 0 Å². The van der Waals surface area contributed by atoms with Gasteiger partial charge in [-0.3, -0.25) is 0 Å². The van der Waals surface area contributed by atoms with E-state index in [9.17, 15) is 0 Å². The average Bonchev–Trinajstić information content (AvgIpc) is 1.25. The summed E-state index contributed by atoms with van der Waals surface area (Å²) in [4.78, 5) is 8.33. The topological polar surface area (TPSA) is 124 Å². The van der Waals surface area contributed by atoms with Gasteiger partial charge in [0.15, 0.2) is 0 Å². The Morgan fingerprint density at radius 3 is 1.20 bits per heavy atom. The second-order valence-corrected chi connectivity index (χ2v) is 0.596. The largest absolute Gasteiger partial charge is 2.00 e. The number of carbonyl (C=O) groups excluding carboxylic acids is 1. The third-order valence-electron chi connectivity index (χ3n) is 0. The van der Waals surface area contributed by atoms with Crippen molar-refractivity contribution in [2.45, 2.75) is 0 Å². The summed E-state index contributed by atoms with van der Waals surface area (Å²) in [6.07, 6.45) is -2.33. The van der Waals surface area contributed by atoms with Crippen LogP contribution in [0.5, 0.6) is 0 Å². The van der Waals surface area contributed by atoms with E-state index in [1.807, 2.05) is 0 Å². The number of rotatable bonds is 0. The summed E-state index contributed by atoms with van der Waals surface area (Å²) in [5, 5.41) is 38.2. The van der Waals surface area contributed by atoms with Crippen LogP contribution < -0.4 is 10.2 Å². The molecule has 0 aromatic rings. The molecule has 0 amide bonds. The van der Waals surface area contributed by atoms with Crippen LogP contribution in [0.25, 0.3) is 0 Å². The van der Waals surface area contributed by atoms with Crippen molar-refractivity contribution in [2.24, 2.45) is 0 Å². The van der Waals surface area contributed by atoms with Gasteiger partial charge in [0, 0.05) is 19.5 Å². The smallest absolute Gasteiger partial charge is 0.652 e. The molecule has 0 radical (unpaired) electrons. The first-order valence-corrected chi connectivity index (χ1v) is 1.39. The molecular weight excluding hydrogens is 224 g/mol. The maximum Gasteiger partial charge on any atom is 2.00 e. The molecule has 0 aliphatic rings. The number of hydrogen-bond donors (Lipinski definition) is 3. The standard InChI is InChI=1S/CH2O3.BH3O3.Ca.Zn/c2*2-1(3)4;;/h(H2,2,3,4);2-4H;;/q;;+2;/p-2. The van der Waals surface area contributed by atoms with Crippen molar-refractivity contribution < 1.29 is 49.6 Å². The van der Waals surface area contributed by atoms with Gasteiger partial charge in [-0.1, -0.05) is 0 Å². The Hall–Kier alpha value is 1.10. The van der Waals surface area contributed by atoms with E-state index in [2.05, 4.69) is 0 Å².